The van der Waals surface area contributed by atoms with Crippen LogP contribution < -0.4 is 10.2 Å². The summed E-state index contributed by atoms with van der Waals surface area (Å²) in [5.41, 5.74) is 2.69. The minimum atomic E-state index is -0.776. The Morgan fingerprint density at radius 3 is 2.59 bits per heavy atom. The zero-order valence-electron chi connectivity index (χ0n) is 19.1. The minimum absolute atomic E-state index is 0.00589. The quantitative estimate of drug-likeness (QED) is 0.453. The number of hydrogen-bond donors (Lipinski definition) is 3. The number of anilines is 1. The zero-order valence-corrected chi connectivity index (χ0v) is 19.9. The molecule has 1 fully saturated rings. The number of thiophene rings is 1. The fraction of sp³-hybridized carbons (Fsp3) is 0.400. The first-order chi connectivity index (χ1) is 16.4. The molecule has 0 unspecified atom stereocenters. The number of aliphatic carboxylic acids is 1. The number of benzene rings is 1. The molecule has 180 valence electrons. The molecule has 3 aromatic rings. The molecule has 1 saturated carbocycles. The lowest BCUT2D eigenvalue weighted by molar-refractivity contribution is -0.142. The third-order valence-electron chi connectivity index (χ3n) is 6.48. The summed E-state index contributed by atoms with van der Waals surface area (Å²) in [6.07, 6.45) is 2.35. The number of nitrogens with zero attached hydrogens (tertiary/aromatic N) is 2. The van der Waals surface area contributed by atoms with Gasteiger partial charge in [0.15, 0.2) is 0 Å². The van der Waals surface area contributed by atoms with Gasteiger partial charge in [0.25, 0.3) is 5.91 Å². The third-order valence-corrected chi connectivity index (χ3v) is 7.34. The van der Waals surface area contributed by atoms with Crippen LogP contribution in [0.15, 0.2) is 41.8 Å². The second-order valence-electron chi connectivity index (χ2n) is 8.61. The Hall–Kier alpha value is -3.17. The molecule has 2 heterocycles. The number of likely N-dealkylation sites (N-methyl/N-ethyl adjacent to an activating group) is 1. The number of carbonyl (C=O) groups is 3. The van der Waals surface area contributed by atoms with Crippen molar-refractivity contribution in [1.82, 2.24) is 9.88 Å². The van der Waals surface area contributed by atoms with Crippen molar-refractivity contribution in [2.45, 2.75) is 51.8 Å². The predicted octanol–water partition coefficient (Wildman–Crippen LogP) is 3.62. The van der Waals surface area contributed by atoms with Gasteiger partial charge in [0.1, 0.15) is 12.2 Å². The van der Waals surface area contributed by atoms with Gasteiger partial charge in [-0.2, -0.15) is 0 Å². The SMILES string of the molecule is CCN(C(=O)Cn1c(C(=O)NC2CCC(C(=O)O)CC2)cc2sccc21)c1cccc(CO)c1. The van der Waals surface area contributed by atoms with Gasteiger partial charge in [-0.3, -0.25) is 14.4 Å². The first-order valence-electron chi connectivity index (χ1n) is 11.5. The Morgan fingerprint density at radius 1 is 1.15 bits per heavy atom. The molecule has 2 aromatic heterocycles. The van der Waals surface area contributed by atoms with E-state index in [1.54, 1.807) is 21.6 Å². The highest BCUT2D eigenvalue weighted by Crippen LogP contribution is 2.28. The van der Waals surface area contributed by atoms with Crippen LogP contribution in [0, 0.1) is 5.92 Å². The van der Waals surface area contributed by atoms with Crippen molar-refractivity contribution in [2.24, 2.45) is 5.92 Å². The van der Waals surface area contributed by atoms with E-state index < -0.39 is 5.97 Å². The van der Waals surface area contributed by atoms with Gasteiger partial charge in [-0.05, 0) is 67.8 Å². The van der Waals surface area contributed by atoms with Gasteiger partial charge in [0.2, 0.25) is 5.91 Å². The summed E-state index contributed by atoms with van der Waals surface area (Å²) in [5.74, 6) is -1.52. The van der Waals surface area contributed by atoms with E-state index in [1.165, 1.54) is 11.3 Å². The van der Waals surface area contributed by atoms with Crippen LogP contribution in [-0.4, -0.2) is 45.2 Å². The van der Waals surface area contributed by atoms with Crippen LogP contribution in [0.1, 0.15) is 48.7 Å². The average molecular weight is 484 g/mol. The lowest BCUT2D eigenvalue weighted by Gasteiger charge is -2.27. The molecule has 8 nitrogen and oxygen atoms in total. The lowest BCUT2D eigenvalue weighted by Crippen LogP contribution is -2.40. The average Bonchev–Trinajstić information content (AvgIpc) is 3.43. The summed E-state index contributed by atoms with van der Waals surface area (Å²) in [6.45, 7) is 2.24. The summed E-state index contributed by atoms with van der Waals surface area (Å²) >= 11 is 1.51. The molecule has 4 rings (SSSR count). The number of aromatic nitrogens is 1. The summed E-state index contributed by atoms with van der Waals surface area (Å²) in [4.78, 5) is 39.4. The van der Waals surface area contributed by atoms with Crippen molar-refractivity contribution < 1.29 is 24.6 Å². The first-order valence-corrected chi connectivity index (χ1v) is 12.4. The number of hydrogen-bond acceptors (Lipinski definition) is 5. The van der Waals surface area contributed by atoms with Crippen molar-refractivity contribution in [3.8, 4) is 0 Å². The van der Waals surface area contributed by atoms with Crippen molar-refractivity contribution in [1.29, 1.82) is 0 Å². The van der Waals surface area contributed by atoms with Crippen LogP contribution in [0.4, 0.5) is 5.69 Å². The predicted molar refractivity (Wildman–Crippen MR) is 131 cm³/mol. The Balaban J connectivity index is 1.53. The van der Waals surface area contributed by atoms with Crippen LogP contribution in [0.5, 0.6) is 0 Å². The maximum atomic E-state index is 13.3. The van der Waals surface area contributed by atoms with E-state index in [-0.39, 0.29) is 36.9 Å². The largest absolute Gasteiger partial charge is 0.481 e. The van der Waals surface area contributed by atoms with Crippen LogP contribution in [0.3, 0.4) is 0 Å². The highest BCUT2D eigenvalue weighted by molar-refractivity contribution is 7.17. The molecule has 0 radical (unpaired) electrons. The molecule has 0 atom stereocenters. The van der Waals surface area contributed by atoms with E-state index in [9.17, 15) is 24.6 Å². The van der Waals surface area contributed by atoms with Gasteiger partial charge >= 0.3 is 5.97 Å². The zero-order chi connectivity index (χ0) is 24.2. The van der Waals surface area contributed by atoms with Gasteiger partial charge in [-0.25, -0.2) is 0 Å². The monoisotopic (exact) mass is 483 g/mol. The van der Waals surface area contributed by atoms with Crippen molar-refractivity contribution in [2.75, 3.05) is 11.4 Å². The van der Waals surface area contributed by atoms with Crippen LogP contribution in [0.25, 0.3) is 10.2 Å². The number of aliphatic hydroxyl groups is 1. The molecule has 2 amide bonds. The smallest absolute Gasteiger partial charge is 0.306 e. The highest BCUT2D eigenvalue weighted by atomic mass is 32.1. The second-order valence-corrected chi connectivity index (χ2v) is 9.56. The number of aliphatic hydroxyl groups excluding tert-OH is 1. The number of rotatable bonds is 8. The Kier molecular flexibility index (Phi) is 7.33. The molecule has 0 aliphatic heterocycles. The lowest BCUT2D eigenvalue weighted by atomic mass is 9.86. The van der Waals surface area contributed by atoms with Crippen LogP contribution >= 0.6 is 11.3 Å². The topological polar surface area (TPSA) is 112 Å². The molecule has 1 aliphatic rings. The summed E-state index contributed by atoms with van der Waals surface area (Å²) in [5, 5.41) is 23.6. The number of carboxylic acid groups (broad SMARTS) is 1. The van der Waals surface area contributed by atoms with E-state index in [0.29, 0.717) is 43.6 Å². The van der Waals surface area contributed by atoms with Crippen LogP contribution in [0.2, 0.25) is 0 Å². The van der Waals surface area contributed by atoms with Crippen LogP contribution in [-0.2, 0) is 22.7 Å². The number of carboxylic acids is 1. The van der Waals surface area contributed by atoms with Crippen molar-refractivity contribution in [3.05, 3.63) is 53.0 Å². The Labute approximate surface area is 201 Å². The molecular formula is C25H29N3O5S. The molecule has 9 heteroatoms. The van der Waals surface area contributed by atoms with E-state index in [2.05, 4.69) is 5.32 Å². The minimum Gasteiger partial charge on any atom is -0.481 e. The molecule has 0 spiro atoms. The number of carbonyl (C=O) groups excluding carboxylic acids is 2. The molecular weight excluding hydrogens is 454 g/mol. The number of amides is 2. The van der Waals surface area contributed by atoms with Gasteiger partial charge in [0, 0.05) is 18.3 Å². The van der Waals surface area contributed by atoms with Gasteiger partial charge in [-0.1, -0.05) is 12.1 Å². The van der Waals surface area contributed by atoms with Gasteiger partial charge in [0.05, 0.1) is 22.7 Å². The fourth-order valence-electron chi connectivity index (χ4n) is 4.63. The molecule has 34 heavy (non-hydrogen) atoms. The fourth-order valence-corrected chi connectivity index (χ4v) is 5.45. The van der Waals surface area contributed by atoms with E-state index >= 15 is 0 Å². The Bertz CT molecular complexity index is 1190. The summed E-state index contributed by atoms with van der Waals surface area (Å²) in [7, 11) is 0. The van der Waals surface area contributed by atoms with Crippen molar-refractivity contribution in [3.63, 3.8) is 0 Å². The van der Waals surface area contributed by atoms with Gasteiger partial charge in [-0.15, -0.1) is 11.3 Å². The molecule has 1 aliphatic carbocycles. The summed E-state index contributed by atoms with van der Waals surface area (Å²) < 4.78 is 2.68. The van der Waals surface area contributed by atoms with E-state index in [1.807, 2.05) is 36.6 Å². The number of fused-ring (bicyclic) bond motifs is 1. The number of nitrogens with one attached hydrogen (secondary N) is 1. The third kappa shape index (κ3) is 5.00. The Morgan fingerprint density at radius 2 is 1.91 bits per heavy atom. The van der Waals surface area contributed by atoms with Gasteiger partial charge < -0.3 is 25.0 Å². The summed E-state index contributed by atoms with van der Waals surface area (Å²) in [6, 6.07) is 10.9. The molecule has 1 aromatic carbocycles. The standard InChI is InChI=1S/C25H29N3O5S/c1-2-27(19-5-3-4-16(12-19)15-29)23(30)14-28-20-10-11-34-22(20)13-21(28)24(31)26-18-8-6-17(7-9-18)25(32)33/h3-5,10-13,17-18,29H,2,6-9,14-15H2,1H3,(H,26,31)(H,32,33). The van der Waals surface area contributed by atoms with E-state index in [4.69, 9.17) is 0 Å². The highest BCUT2D eigenvalue weighted by Gasteiger charge is 2.28. The maximum absolute atomic E-state index is 13.3. The van der Waals surface area contributed by atoms with Crippen molar-refractivity contribution >= 4 is 45.0 Å². The molecule has 0 bridgehead atoms. The van der Waals surface area contributed by atoms with E-state index in [0.717, 1.165) is 15.8 Å². The normalized spacial score (nSPS) is 18.1. The first kappa shape index (κ1) is 24.0. The molecule has 3 N–H and O–H groups in total. The second kappa shape index (κ2) is 10.4. The maximum Gasteiger partial charge on any atom is 0.306 e. The molecule has 0 saturated heterocycles.